The highest BCUT2D eigenvalue weighted by Gasteiger charge is 1.98. The molecule has 1 nitrogen and oxygen atoms in total. The Balaban J connectivity index is 0.000000791. The van der Waals surface area contributed by atoms with Crippen LogP contribution in [0.15, 0.2) is 30.8 Å². The quantitative estimate of drug-likeness (QED) is 0.645. The van der Waals surface area contributed by atoms with Crippen molar-refractivity contribution in [2.45, 2.75) is 27.7 Å². The molecule has 0 aromatic heterocycles. The number of allylic oxidation sites excluding steroid dienone is 1. The van der Waals surface area contributed by atoms with E-state index in [-0.39, 0.29) is 5.78 Å². The lowest BCUT2D eigenvalue weighted by Gasteiger charge is -1.99. The molecule has 0 N–H and O–H groups in total. The zero-order chi connectivity index (χ0) is 11.1. The van der Waals surface area contributed by atoms with Gasteiger partial charge in [-0.05, 0) is 19.4 Å². The summed E-state index contributed by atoms with van der Waals surface area (Å²) in [7, 11) is 0. The monoisotopic (exact) mass is 190 g/mol. The minimum Gasteiger partial charge on any atom is -0.295 e. The van der Waals surface area contributed by atoms with Gasteiger partial charge in [-0.25, -0.2) is 0 Å². The molecule has 1 heteroatoms. The Morgan fingerprint density at radius 3 is 1.64 bits per heavy atom. The Morgan fingerprint density at radius 2 is 1.36 bits per heavy atom. The lowest BCUT2D eigenvalue weighted by Crippen LogP contribution is -1.91. The van der Waals surface area contributed by atoms with Crippen molar-refractivity contribution in [2.75, 3.05) is 0 Å². The highest BCUT2D eigenvalue weighted by Crippen LogP contribution is 2.12. The molecule has 1 rings (SSSR count). The zero-order valence-electron chi connectivity index (χ0n) is 9.42. The minimum atomic E-state index is 0.100. The highest BCUT2D eigenvalue weighted by molar-refractivity contribution is 5.94. The van der Waals surface area contributed by atoms with Gasteiger partial charge in [0.1, 0.15) is 0 Å². The van der Waals surface area contributed by atoms with Crippen LogP contribution in [-0.4, -0.2) is 5.78 Å². The van der Waals surface area contributed by atoms with Crippen molar-refractivity contribution in [2.24, 2.45) is 0 Å². The van der Waals surface area contributed by atoms with Crippen LogP contribution >= 0.6 is 0 Å². The van der Waals surface area contributed by atoms with E-state index in [0.717, 1.165) is 16.7 Å². The summed E-state index contributed by atoms with van der Waals surface area (Å²) in [5.41, 5.74) is 2.85. The third kappa shape index (κ3) is 3.56. The van der Waals surface area contributed by atoms with Gasteiger partial charge >= 0.3 is 0 Å². The van der Waals surface area contributed by atoms with Gasteiger partial charge in [-0.15, -0.1) is 0 Å². The van der Waals surface area contributed by atoms with Gasteiger partial charge in [-0.3, -0.25) is 4.79 Å². The predicted octanol–water partition coefficient (Wildman–Crippen LogP) is 3.95. The molecular weight excluding hydrogens is 172 g/mol. The summed E-state index contributed by atoms with van der Waals surface area (Å²) in [5.74, 6) is 0.100. The molecule has 0 heterocycles. The van der Waals surface area contributed by atoms with E-state index in [1.807, 2.05) is 45.0 Å². The first-order valence-corrected chi connectivity index (χ1v) is 4.88. The molecule has 0 saturated carbocycles. The zero-order valence-corrected chi connectivity index (χ0v) is 9.42. The third-order valence-corrected chi connectivity index (χ3v) is 1.78. The summed E-state index contributed by atoms with van der Waals surface area (Å²) >= 11 is 0. The van der Waals surface area contributed by atoms with Gasteiger partial charge in [-0.1, -0.05) is 50.3 Å². The SMILES string of the molecule is C=C(C)c1ccc(C(C)=O)cc1.CC. The van der Waals surface area contributed by atoms with Crippen LogP contribution in [0.25, 0.3) is 5.57 Å². The standard InChI is InChI=1S/C11H12O.C2H6/c1-8(2)10-4-6-11(7-5-10)9(3)12;1-2/h4-7H,1H2,2-3H3;1-2H3. The number of rotatable bonds is 2. The first-order valence-electron chi connectivity index (χ1n) is 4.88. The molecule has 1 aromatic carbocycles. The summed E-state index contributed by atoms with van der Waals surface area (Å²) < 4.78 is 0. The molecule has 0 aliphatic heterocycles. The smallest absolute Gasteiger partial charge is 0.159 e. The maximum atomic E-state index is 10.9. The van der Waals surface area contributed by atoms with E-state index in [1.54, 1.807) is 6.92 Å². The largest absolute Gasteiger partial charge is 0.295 e. The van der Waals surface area contributed by atoms with E-state index in [0.29, 0.717) is 0 Å². The number of ketones is 1. The Morgan fingerprint density at radius 1 is 1.00 bits per heavy atom. The van der Waals surface area contributed by atoms with Crippen molar-refractivity contribution in [3.05, 3.63) is 42.0 Å². The van der Waals surface area contributed by atoms with Gasteiger partial charge in [0, 0.05) is 5.56 Å². The van der Waals surface area contributed by atoms with Gasteiger partial charge in [0.2, 0.25) is 0 Å². The van der Waals surface area contributed by atoms with Crippen LogP contribution in [0.3, 0.4) is 0 Å². The number of Topliss-reactive ketones (excluding diaryl/α,β-unsaturated/α-hetero) is 1. The van der Waals surface area contributed by atoms with Gasteiger partial charge in [0.15, 0.2) is 5.78 Å². The van der Waals surface area contributed by atoms with Crippen LogP contribution in [0, 0.1) is 0 Å². The summed E-state index contributed by atoms with van der Waals surface area (Å²) in [6.07, 6.45) is 0. The van der Waals surface area contributed by atoms with E-state index in [1.165, 1.54) is 0 Å². The van der Waals surface area contributed by atoms with Gasteiger partial charge in [-0.2, -0.15) is 0 Å². The first-order chi connectivity index (χ1) is 6.61. The Labute approximate surface area is 86.5 Å². The van der Waals surface area contributed by atoms with Crippen LogP contribution in [0.2, 0.25) is 0 Å². The van der Waals surface area contributed by atoms with E-state index in [4.69, 9.17) is 0 Å². The normalized spacial score (nSPS) is 8.57. The van der Waals surface area contributed by atoms with Crippen molar-refractivity contribution in [3.63, 3.8) is 0 Å². The fraction of sp³-hybridized carbons (Fsp3) is 0.308. The topological polar surface area (TPSA) is 17.1 Å². The van der Waals surface area contributed by atoms with Crippen LogP contribution in [-0.2, 0) is 0 Å². The maximum Gasteiger partial charge on any atom is 0.159 e. The molecule has 14 heavy (non-hydrogen) atoms. The van der Waals surface area contributed by atoms with E-state index >= 15 is 0 Å². The molecule has 0 radical (unpaired) electrons. The molecule has 0 unspecified atom stereocenters. The second kappa shape index (κ2) is 6.14. The molecule has 0 spiro atoms. The molecular formula is C13H18O. The Hall–Kier alpha value is -1.37. The molecule has 0 aliphatic rings. The Kier molecular flexibility index (Phi) is 5.54. The molecule has 0 aliphatic carbocycles. The van der Waals surface area contributed by atoms with E-state index < -0.39 is 0 Å². The first kappa shape index (κ1) is 12.6. The van der Waals surface area contributed by atoms with Crippen LogP contribution in [0.1, 0.15) is 43.6 Å². The van der Waals surface area contributed by atoms with E-state index in [2.05, 4.69) is 6.58 Å². The molecule has 0 fully saturated rings. The molecule has 76 valence electrons. The number of benzene rings is 1. The van der Waals surface area contributed by atoms with Crippen LogP contribution < -0.4 is 0 Å². The summed E-state index contributed by atoms with van der Waals surface area (Å²) in [6.45, 7) is 11.3. The van der Waals surface area contributed by atoms with Crippen molar-refractivity contribution < 1.29 is 4.79 Å². The number of carbonyl (C=O) groups excluding carboxylic acids is 1. The van der Waals surface area contributed by atoms with Crippen molar-refractivity contribution >= 4 is 11.4 Å². The summed E-state index contributed by atoms with van der Waals surface area (Å²) in [4.78, 5) is 10.9. The lowest BCUT2D eigenvalue weighted by atomic mass is 10.1. The minimum absolute atomic E-state index is 0.100. The molecule has 0 bridgehead atoms. The van der Waals surface area contributed by atoms with Crippen LogP contribution in [0.4, 0.5) is 0 Å². The fourth-order valence-electron chi connectivity index (χ4n) is 0.989. The van der Waals surface area contributed by atoms with Gasteiger partial charge < -0.3 is 0 Å². The maximum absolute atomic E-state index is 10.9. The molecule has 0 saturated heterocycles. The second-order valence-electron chi connectivity index (χ2n) is 2.91. The lowest BCUT2D eigenvalue weighted by molar-refractivity contribution is 0.101. The average Bonchev–Trinajstić information content (AvgIpc) is 2.21. The highest BCUT2D eigenvalue weighted by atomic mass is 16.1. The molecule has 0 amide bonds. The van der Waals surface area contributed by atoms with Crippen LogP contribution in [0.5, 0.6) is 0 Å². The Bertz CT molecular complexity index is 274. The van der Waals surface area contributed by atoms with Crippen molar-refractivity contribution in [1.29, 1.82) is 0 Å². The fourth-order valence-corrected chi connectivity index (χ4v) is 0.989. The van der Waals surface area contributed by atoms with Crippen molar-refractivity contribution in [3.8, 4) is 0 Å². The summed E-state index contributed by atoms with van der Waals surface area (Å²) in [6, 6.07) is 7.48. The van der Waals surface area contributed by atoms with Gasteiger partial charge in [0.25, 0.3) is 0 Å². The number of hydrogen-bond donors (Lipinski definition) is 0. The van der Waals surface area contributed by atoms with Crippen molar-refractivity contribution in [1.82, 2.24) is 0 Å². The average molecular weight is 190 g/mol. The number of hydrogen-bond acceptors (Lipinski definition) is 1. The predicted molar refractivity (Wildman–Crippen MR) is 62.5 cm³/mol. The third-order valence-electron chi connectivity index (χ3n) is 1.78. The molecule has 1 aromatic rings. The molecule has 0 atom stereocenters. The summed E-state index contributed by atoms with van der Waals surface area (Å²) in [5, 5.41) is 0. The second-order valence-corrected chi connectivity index (χ2v) is 2.91. The van der Waals surface area contributed by atoms with Gasteiger partial charge in [0.05, 0.1) is 0 Å². The number of carbonyl (C=O) groups is 1. The van der Waals surface area contributed by atoms with E-state index in [9.17, 15) is 4.79 Å².